The smallest absolute Gasteiger partial charge is 0.295 e. The van der Waals surface area contributed by atoms with E-state index < -0.39 is 17.7 Å². The van der Waals surface area contributed by atoms with Crippen LogP contribution in [0.15, 0.2) is 78.4 Å². The van der Waals surface area contributed by atoms with E-state index in [0.29, 0.717) is 35.0 Å². The molecule has 0 bridgehead atoms. The first-order valence-corrected chi connectivity index (χ1v) is 11.7. The fourth-order valence-corrected chi connectivity index (χ4v) is 4.28. The number of aliphatic hydroxyl groups is 1. The van der Waals surface area contributed by atoms with Crippen molar-refractivity contribution in [3.05, 3.63) is 95.1 Å². The van der Waals surface area contributed by atoms with Gasteiger partial charge >= 0.3 is 0 Å². The lowest BCUT2D eigenvalue weighted by molar-refractivity contribution is -0.140. The Morgan fingerprint density at radius 1 is 0.892 bits per heavy atom. The van der Waals surface area contributed by atoms with Gasteiger partial charge < -0.3 is 29.0 Å². The van der Waals surface area contributed by atoms with Gasteiger partial charge in [0, 0.05) is 19.2 Å². The maximum Gasteiger partial charge on any atom is 0.295 e. The van der Waals surface area contributed by atoms with Gasteiger partial charge in [0.15, 0.2) is 11.5 Å². The van der Waals surface area contributed by atoms with Crippen LogP contribution in [0.1, 0.15) is 22.7 Å². The van der Waals surface area contributed by atoms with E-state index in [9.17, 15) is 14.7 Å². The van der Waals surface area contributed by atoms with Gasteiger partial charge in [0.05, 0.1) is 32.4 Å². The number of hydrogen-bond donors (Lipinski definition) is 1. The van der Waals surface area contributed by atoms with E-state index in [1.54, 1.807) is 42.5 Å². The lowest BCUT2D eigenvalue weighted by Gasteiger charge is -2.25. The summed E-state index contributed by atoms with van der Waals surface area (Å²) in [6.45, 7) is 0.728. The number of hydrogen-bond acceptors (Lipinski definition) is 7. The van der Waals surface area contributed by atoms with Crippen molar-refractivity contribution in [3.63, 3.8) is 0 Å². The van der Waals surface area contributed by atoms with Crippen LogP contribution < -0.4 is 14.2 Å². The molecule has 3 aromatic rings. The van der Waals surface area contributed by atoms with Gasteiger partial charge in [-0.3, -0.25) is 9.59 Å². The Morgan fingerprint density at radius 3 is 2.38 bits per heavy atom. The zero-order chi connectivity index (χ0) is 26.4. The third-order valence-electron chi connectivity index (χ3n) is 6.16. The minimum absolute atomic E-state index is 0.0191. The molecule has 4 rings (SSSR count). The number of nitrogens with zero attached hydrogens (tertiary/aromatic N) is 1. The van der Waals surface area contributed by atoms with Crippen molar-refractivity contribution in [2.45, 2.75) is 12.6 Å². The lowest BCUT2D eigenvalue weighted by Crippen LogP contribution is -2.32. The number of aliphatic hydroxyl groups excluding tert-OH is 1. The van der Waals surface area contributed by atoms with Gasteiger partial charge in [-0.05, 0) is 35.4 Å². The topological polar surface area (TPSA) is 94.5 Å². The minimum atomic E-state index is -0.849. The van der Waals surface area contributed by atoms with E-state index in [0.717, 1.165) is 5.56 Å². The van der Waals surface area contributed by atoms with Gasteiger partial charge in [-0.25, -0.2) is 0 Å². The van der Waals surface area contributed by atoms with Crippen LogP contribution in [-0.4, -0.2) is 56.2 Å². The van der Waals surface area contributed by atoms with Crippen LogP contribution in [0.2, 0.25) is 0 Å². The molecule has 3 aromatic carbocycles. The Bertz CT molecular complexity index is 1300. The van der Waals surface area contributed by atoms with Gasteiger partial charge in [-0.15, -0.1) is 0 Å². The summed E-state index contributed by atoms with van der Waals surface area (Å²) >= 11 is 0. The van der Waals surface area contributed by atoms with Gasteiger partial charge in [-0.1, -0.05) is 48.5 Å². The van der Waals surface area contributed by atoms with Crippen LogP contribution in [0.3, 0.4) is 0 Å². The Labute approximate surface area is 215 Å². The average Bonchev–Trinajstić information content (AvgIpc) is 3.19. The van der Waals surface area contributed by atoms with Crippen molar-refractivity contribution in [1.82, 2.24) is 4.90 Å². The van der Waals surface area contributed by atoms with E-state index in [1.165, 1.54) is 26.2 Å². The molecule has 0 aliphatic carbocycles. The van der Waals surface area contributed by atoms with Crippen LogP contribution in [0.5, 0.6) is 17.2 Å². The van der Waals surface area contributed by atoms with E-state index >= 15 is 0 Å². The fraction of sp³-hybridized carbons (Fsp3) is 0.241. The number of methoxy groups -OCH3 is 3. The lowest BCUT2D eigenvalue weighted by atomic mass is 9.95. The van der Waals surface area contributed by atoms with Crippen LogP contribution in [0.4, 0.5) is 0 Å². The monoisotopic (exact) mass is 503 g/mol. The number of likely N-dealkylation sites (tertiary alicyclic amines) is 1. The van der Waals surface area contributed by atoms with Crippen molar-refractivity contribution >= 4 is 17.4 Å². The van der Waals surface area contributed by atoms with Crippen LogP contribution in [-0.2, 0) is 20.9 Å². The predicted molar refractivity (Wildman–Crippen MR) is 138 cm³/mol. The quantitative estimate of drug-likeness (QED) is 0.250. The maximum absolute atomic E-state index is 13.2. The number of carbonyl (C=O) groups excluding carboxylic acids is 2. The summed E-state index contributed by atoms with van der Waals surface area (Å²) in [6.07, 6.45) is 0. The van der Waals surface area contributed by atoms with Gasteiger partial charge in [-0.2, -0.15) is 0 Å². The normalized spacial score (nSPS) is 16.6. The first-order valence-electron chi connectivity index (χ1n) is 11.7. The predicted octanol–water partition coefficient (Wildman–Crippen LogP) is 4.35. The second-order valence-corrected chi connectivity index (χ2v) is 8.40. The Kier molecular flexibility index (Phi) is 8.10. The van der Waals surface area contributed by atoms with Crippen LogP contribution in [0, 0.1) is 0 Å². The average molecular weight is 504 g/mol. The highest BCUT2D eigenvalue weighted by molar-refractivity contribution is 6.46. The van der Waals surface area contributed by atoms with Gasteiger partial charge in [0.25, 0.3) is 11.7 Å². The molecule has 0 saturated carbocycles. The molecule has 1 atom stereocenters. The number of Topliss-reactive ketones (excluding diaryl/α,β-unsaturated/α-hetero) is 1. The summed E-state index contributed by atoms with van der Waals surface area (Å²) in [5.41, 5.74) is 1.93. The Morgan fingerprint density at radius 2 is 1.68 bits per heavy atom. The second kappa shape index (κ2) is 11.6. The summed E-state index contributed by atoms with van der Waals surface area (Å²) in [5.74, 6) is -0.315. The first kappa shape index (κ1) is 25.8. The number of ether oxygens (including phenoxy) is 4. The van der Waals surface area contributed by atoms with Gasteiger partial charge in [0.1, 0.15) is 18.1 Å². The second-order valence-electron chi connectivity index (χ2n) is 8.40. The highest BCUT2D eigenvalue weighted by Crippen LogP contribution is 2.42. The van der Waals surface area contributed by atoms with Crippen LogP contribution in [0.25, 0.3) is 5.76 Å². The van der Waals surface area contributed by atoms with E-state index in [1.807, 2.05) is 30.3 Å². The Balaban J connectivity index is 1.76. The summed E-state index contributed by atoms with van der Waals surface area (Å²) in [5, 5.41) is 11.2. The van der Waals surface area contributed by atoms with Crippen LogP contribution >= 0.6 is 0 Å². The summed E-state index contributed by atoms with van der Waals surface area (Å²) < 4.78 is 22.0. The van der Waals surface area contributed by atoms with E-state index in [2.05, 4.69) is 0 Å². The van der Waals surface area contributed by atoms with Crippen molar-refractivity contribution in [2.75, 3.05) is 34.5 Å². The zero-order valence-electron chi connectivity index (χ0n) is 21.0. The highest BCUT2D eigenvalue weighted by Gasteiger charge is 2.46. The molecule has 192 valence electrons. The molecule has 0 spiro atoms. The van der Waals surface area contributed by atoms with Crippen molar-refractivity contribution in [1.29, 1.82) is 0 Å². The molecule has 37 heavy (non-hydrogen) atoms. The summed E-state index contributed by atoms with van der Waals surface area (Å²) in [4.78, 5) is 27.6. The third kappa shape index (κ3) is 5.44. The fourth-order valence-electron chi connectivity index (χ4n) is 4.28. The number of rotatable bonds is 10. The largest absolute Gasteiger partial charge is 0.507 e. The minimum Gasteiger partial charge on any atom is -0.507 e. The molecule has 1 amide bonds. The van der Waals surface area contributed by atoms with Crippen molar-refractivity contribution in [3.8, 4) is 17.2 Å². The first-order chi connectivity index (χ1) is 18.0. The molecule has 0 aromatic heterocycles. The summed E-state index contributed by atoms with van der Waals surface area (Å²) in [7, 11) is 4.55. The molecule has 0 radical (unpaired) electrons. The standard InChI is InChI=1S/C29H29NO7/c1-34-15-14-30-26(25(28(32)29(30)33)27(31)21-10-7-11-22(16-21)35-2)20-12-13-23(24(17-20)36-3)37-18-19-8-5-4-6-9-19/h4-13,16-17,26,31H,14-15,18H2,1-3H3. The molecule has 1 fully saturated rings. The molecule has 1 saturated heterocycles. The molecule has 8 nitrogen and oxygen atoms in total. The van der Waals surface area contributed by atoms with E-state index in [4.69, 9.17) is 18.9 Å². The number of carbonyl (C=O) groups is 2. The zero-order valence-corrected chi connectivity index (χ0v) is 21.0. The molecule has 1 aliphatic heterocycles. The molecular formula is C29H29NO7. The number of amides is 1. The SMILES string of the molecule is COCCN1C(=O)C(=O)C(=C(O)c2cccc(OC)c2)C1c1ccc(OCc2ccccc2)c(OC)c1. The molecule has 1 N–H and O–H groups in total. The summed E-state index contributed by atoms with van der Waals surface area (Å²) in [6, 6.07) is 20.8. The molecule has 8 heteroatoms. The van der Waals surface area contributed by atoms with Gasteiger partial charge in [0.2, 0.25) is 0 Å². The van der Waals surface area contributed by atoms with E-state index in [-0.39, 0.29) is 24.5 Å². The molecular weight excluding hydrogens is 474 g/mol. The van der Waals surface area contributed by atoms with Crippen molar-refractivity contribution < 1.29 is 33.6 Å². The molecule has 1 heterocycles. The number of benzene rings is 3. The highest BCUT2D eigenvalue weighted by atomic mass is 16.5. The third-order valence-corrected chi connectivity index (χ3v) is 6.16. The molecule has 1 aliphatic rings. The Hall–Kier alpha value is -4.30. The maximum atomic E-state index is 13.2. The molecule has 1 unspecified atom stereocenters. The number of ketones is 1. The van der Waals surface area contributed by atoms with Crippen molar-refractivity contribution in [2.24, 2.45) is 0 Å².